The fourth-order valence-electron chi connectivity index (χ4n) is 1.18. The monoisotopic (exact) mass is 211 g/mol. The lowest BCUT2D eigenvalue weighted by molar-refractivity contribution is 0.492. The SMILES string of the molecule is Cc1ncoc1CCNCCNC(=N)N. The van der Waals surface area contributed by atoms with E-state index < -0.39 is 0 Å². The van der Waals surface area contributed by atoms with Gasteiger partial charge in [0.15, 0.2) is 12.4 Å². The Morgan fingerprint density at radius 3 is 2.93 bits per heavy atom. The summed E-state index contributed by atoms with van der Waals surface area (Å²) in [5.41, 5.74) is 6.07. The summed E-state index contributed by atoms with van der Waals surface area (Å²) in [6.45, 7) is 4.18. The molecule has 0 fully saturated rings. The predicted molar refractivity (Wildman–Crippen MR) is 57.7 cm³/mol. The lowest BCUT2D eigenvalue weighted by atomic mass is 10.3. The van der Waals surface area contributed by atoms with Crippen LogP contribution >= 0.6 is 0 Å². The zero-order chi connectivity index (χ0) is 11.1. The third-order valence-corrected chi connectivity index (χ3v) is 1.99. The Balaban J connectivity index is 2.03. The molecule has 0 atom stereocenters. The highest BCUT2D eigenvalue weighted by Crippen LogP contribution is 2.04. The molecule has 6 heteroatoms. The molecule has 0 aliphatic heterocycles. The van der Waals surface area contributed by atoms with Gasteiger partial charge in [0, 0.05) is 26.1 Å². The summed E-state index contributed by atoms with van der Waals surface area (Å²) in [6, 6.07) is 0. The molecule has 0 aliphatic rings. The Hall–Kier alpha value is -1.56. The number of oxazole rings is 1. The molecule has 0 saturated heterocycles. The molecule has 1 heterocycles. The average Bonchev–Trinajstić information content (AvgIpc) is 2.57. The number of aryl methyl sites for hydroxylation is 1. The van der Waals surface area contributed by atoms with Gasteiger partial charge in [0.05, 0.1) is 5.69 Å². The molecule has 1 rings (SSSR count). The lowest BCUT2D eigenvalue weighted by Crippen LogP contribution is -2.36. The third-order valence-electron chi connectivity index (χ3n) is 1.99. The van der Waals surface area contributed by atoms with Gasteiger partial charge in [-0.25, -0.2) is 4.98 Å². The van der Waals surface area contributed by atoms with Crippen LogP contribution in [0.1, 0.15) is 11.5 Å². The zero-order valence-corrected chi connectivity index (χ0v) is 8.84. The van der Waals surface area contributed by atoms with Crippen LogP contribution in [0.2, 0.25) is 0 Å². The van der Waals surface area contributed by atoms with Crippen LogP contribution in [-0.4, -0.2) is 30.6 Å². The van der Waals surface area contributed by atoms with E-state index in [-0.39, 0.29) is 5.96 Å². The highest BCUT2D eigenvalue weighted by Gasteiger charge is 2.01. The number of guanidine groups is 1. The number of nitrogens with zero attached hydrogens (tertiary/aromatic N) is 1. The molecule has 0 amide bonds. The van der Waals surface area contributed by atoms with Crippen LogP contribution in [0, 0.1) is 12.3 Å². The molecular formula is C9H17N5O. The third kappa shape index (κ3) is 4.46. The predicted octanol–water partition coefficient (Wildman–Crippen LogP) is -0.402. The van der Waals surface area contributed by atoms with E-state index in [0.29, 0.717) is 6.54 Å². The first-order valence-electron chi connectivity index (χ1n) is 4.87. The Kier molecular flexibility index (Phi) is 4.62. The van der Waals surface area contributed by atoms with E-state index >= 15 is 0 Å². The quantitative estimate of drug-likeness (QED) is 0.291. The van der Waals surface area contributed by atoms with Crippen LogP contribution < -0.4 is 16.4 Å². The molecule has 0 bridgehead atoms. The number of nitrogens with two attached hydrogens (primary N) is 1. The van der Waals surface area contributed by atoms with Crippen LogP contribution in [0.5, 0.6) is 0 Å². The van der Waals surface area contributed by atoms with Crippen molar-refractivity contribution in [3.8, 4) is 0 Å². The van der Waals surface area contributed by atoms with Crippen molar-refractivity contribution < 1.29 is 4.42 Å². The molecule has 6 nitrogen and oxygen atoms in total. The van der Waals surface area contributed by atoms with Crippen LogP contribution in [0.25, 0.3) is 0 Å². The molecule has 15 heavy (non-hydrogen) atoms. The molecule has 0 saturated carbocycles. The van der Waals surface area contributed by atoms with Crippen LogP contribution in [0.4, 0.5) is 0 Å². The maximum atomic E-state index is 6.93. The number of rotatable bonds is 6. The smallest absolute Gasteiger partial charge is 0.185 e. The normalized spacial score (nSPS) is 10.2. The number of aromatic nitrogens is 1. The minimum Gasteiger partial charge on any atom is -0.448 e. The highest BCUT2D eigenvalue weighted by atomic mass is 16.3. The molecule has 5 N–H and O–H groups in total. The molecule has 0 radical (unpaired) electrons. The van der Waals surface area contributed by atoms with Crippen molar-refractivity contribution in [3.63, 3.8) is 0 Å². The van der Waals surface area contributed by atoms with E-state index in [1.807, 2.05) is 6.92 Å². The first-order valence-corrected chi connectivity index (χ1v) is 4.87. The molecule has 1 aromatic heterocycles. The summed E-state index contributed by atoms with van der Waals surface area (Å²) in [6.07, 6.45) is 2.29. The summed E-state index contributed by atoms with van der Waals surface area (Å²) < 4.78 is 5.19. The summed E-state index contributed by atoms with van der Waals surface area (Å²) in [7, 11) is 0. The summed E-state index contributed by atoms with van der Waals surface area (Å²) in [4.78, 5) is 4.00. The van der Waals surface area contributed by atoms with E-state index in [4.69, 9.17) is 15.6 Å². The molecule has 0 spiro atoms. The standard InChI is InChI=1S/C9H17N5O/c1-7-8(15-6-14-7)2-3-12-4-5-13-9(10)11/h6,12H,2-5H2,1H3,(H4,10,11,13). The second-order valence-electron chi connectivity index (χ2n) is 3.20. The van der Waals surface area contributed by atoms with E-state index in [1.165, 1.54) is 6.39 Å². The van der Waals surface area contributed by atoms with Crippen molar-refractivity contribution in [2.24, 2.45) is 5.73 Å². The van der Waals surface area contributed by atoms with Crippen LogP contribution in [0.15, 0.2) is 10.8 Å². The molecule has 0 aromatic carbocycles. The first-order chi connectivity index (χ1) is 7.20. The van der Waals surface area contributed by atoms with E-state index in [1.54, 1.807) is 0 Å². The summed E-state index contributed by atoms with van der Waals surface area (Å²) in [5.74, 6) is 0.921. The Morgan fingerprint density at radius 2 is 2.33 bits per heavy atom. The van der Waals surface area contributed by atoms with Gasteiger partial charge in [0.25, 0.3) is 0 Å². The zero-order valence-electron chi connectivity index (χ0n) is 8.84. The fourth-order valence-corrected chi connectivity index (χ4v) is 1.18. The Morgan fingerprint density at radius 1 is 1.53 bits per heavy atom. The van der Waals surface area contributed by atoms with E-state index in [0.717, 1.165) is 31.0 Å². The average molecular weight is 211 g/mol. The lowest BCUT2D eigenvalue weighted by Gasteiger charge is -2.04. The van der Waals surface area contributed by atoms with E-state index in [2.05, 4.69) is 15.6 Å². The van der Waals surface area contributed by atoms with Crippen molar-refractivity contribution in [3.05, 3.63) is 17.8 Å². The number of hydrogen-bond donors (Lipinski definition) is 4. The molecule has 84 valence electrons. The van der Waals surface area contributed by atoms with Gasteiger partial charge < -0.3 is 20.8 Å². The van der Waals surface area contributed by atoms with Crippen LogP contribution in [0.3, 0.4) is 0 Å². The number of hydrogen-bond acceptors (Lipinski definition) is 4. The first kappa shape index (κ1) is 11.5. The fraction of sp³-hybridized carbons (Fsp3) is 0.556. The summed E-state index contributed by atoms with van der Waals surface area (Å²) >= 11 is 0. The van der Waals surface area contributed by atoms with Gasteiger partial charge in [-0.2, -0.15) is 0 Å². The molecular weight excluding hydrogens is 194 g/mol. The van der Waals surface area contributed by atoms with Crippen molar-refractivity contribution in [1.29, 1.82) is 5.41 Å². The summed E-state index contributed by atoms with van der Waals surface area (Å²) in [5, 5.41) is 12.8. The minimum atomic E-state index is 0.00267. The number of nitrogens with one attached hydrogen (secondary N) is 3. The second-order valence-corrected chi connectivity index (χ2v) is 3.20. The van der Waals surface area contributed by atoms with Gasteiger partial charge in [0.1, 0.15) is 5.76 Å². The van der Waals surface area contributed by atoms with Gasteiger partial charge in [-0.05, 0) is 6.92 Å². The van der Waals surface area contributed by atoms with Crippen molar-refractivity contribution in [2.45, 2.75) is 13.3 Å². The Bertz CT molecular complexity index is 309. The largest absolute Gasteiger partial charge is 0.448 e. The molecule has 1 aromatic rings. The maximum Gasteiger partial charge on any atom is 0.185 e. The second kappa shape index (κ2) is 6.02. The highest BCUT2D eigenvalue weighted by molar-refractivity contribution is 5.74. The van der Waals surface area contributed by atoms with Crippen molar-refractivity contribution in [2.75, 3.05) is 19.6 Å². The van der Waals surface area contributed by atoms with Gasteiger partial charge in [-0.15, -0.1) is 0 Å². The topological polar surface area (TPSA) is 100.0 Å². The maximum absolute atomic E-state index is 6.93. The van der Waals surface area contributed by atoms with Crippen LogP contribution in [-0.2, 0) is 6.42 Å². The molecule has 0 unspecified atom stereocenters. The van der Waals surface area contributed by atoms with Gasteiger partial charge in [-0.1, -0.05) is 0 Å². The molecule has 0 aliphatic carbocycles. The van der Waals surface area contributed by atoms with Gasteiger partial charge in [-0.3, -0.25) is 5.41 Å². The van der Waals surface area contributed by atoms with Crippen molar-refractivity contribution >= 4 is 5.96 Å². The van der Waals surface area contributed by atoms with E-state index in [9.17, 15) is 0 Å². The van der Waals surface area contributed by atoms with Gasteiger partial charge in [0.2, 0.25) is 0 Å². The van der Waals surface area contributed by atoms with Crippen molar-refractivity contribution in [1.82, 2.24) is 15.6 Å². The minimum absolute atomic E-state index is 0.00267. The Labute approximate surface area is 88.8 Å². The van der Waals surface area contributed by atoms with Gasteiger partial charge >= 0.3 is 0 Å².